The predicted molar refractivity (Wildman–Crippen MR) is 87.3 cm³/mol. The fraction of sp³-hybridized carbons (Fsp3) is 0.500. The minimum atomic E-state index is -0.909. The van der Waals surface area contributed by atoms with E-state index < -0.39 is 16.8 Å². The molecule has 1 fully saturated rings. The SMILES string of the molecule is CC(=O)c1ccc(NC(=O)[C@@H]2CC[C@](C)(C(=O)O)C2(C)C)cc1. The van der Waals surface area contributed by atoms with E-state index in [1.165, 1.54) is 6.92 Å². The average Bonchev–Trinajstić information content (AvgIpc) is 2.71. The van der Waals surface area contributed by atoms with Crippen LogP contribution in [0.3, 0.4) is 0 Å². The first-order valence-corrected chi connectivity index (χ1v) is 7.75. The normalized spacial score (nSPS) is 25.8. The van der Waals surface area contributed by atoms with Crippen LogP contribution in [-0.2, 0) is 9.59 Å². The highest BCUT2D eigenvalue weighted by atomic mass is 16.4. The maximum atomic E-state index is 12.6. The summed E-state index contributed by atoms with van der Waals surface area (Å²) in [5.41, 5.74) is -0.349. The van der Waals surface area contributed by atoms with Crippen molar-refractivity contribution in [1.29, 1.82) is 0 Å². The van der Waals surface area contributed by atoms with Gasteiger partial charge in [0.2, 0.25) is 5.91 Å². The zero-order valence-corrected chi connectivity index (χ0v) is 14.0. The highest BCUT2D eigenvalue weighted by Gasteiger charge is 2.58. The molecule has 1 amide bonds. The lowest BCUT2D eigenvalue weighted by molar-refractivity contribution is -0.154. The summed E-state index contributed by atoms with van der Waals surface area (Å²) >= 11 is 0. The molecule has 2 atom stereocenters. The Labute approximate surface area is 136 Å². The molecule has 0 unspecified atom stereocenters. The van der Waals surface area contributed by atoms with Crippen molar-refractivity contribution in [1.82, 2.24) is 0 Å². The minimum Gasteiger partial charge on any atom is -0.481 e. The third-order valence-corrected chi connectivity index (χ3v) is 5.57. The van der Waals surface area contributed by atoms with Gasteiger partial charge in [0.25, 0.3) is 0 Å². The van der Waals surface area contributed by atoms with Crippen molar-refractivity contribution in [3.05, 3.63) is 29.8 Å². The summed E-state index contributed by atoms with van der Waals surface area (Å²) in [4.78, 5) is 35.5. The predicted octanol–water partition coefficient (Wildman–Crippen LogP) is 3.35. The Kier molecular flexibility index (Phi) is 4.33. The number of amides is 1. The van der Waals surface area contributed by atoms with Crippen LogP contribution < -0.4 is 5.32 Å². The molecule has 0 radical (unpaired) electrons. The smallest absolute Gasteiger partial charge is 0.309 e. The van der Waals surface area contributed by atoms with E-state index in [0.29, 0.717) is 24.1 Å². The second kappa shape index (κ2) is 5.80. The first-order valence-electron chi connectivity index (χ1n) is 7.75. The molecule has 0 bridgehead atoms. The zero-order chi connectivity index (χ0) is 17.4. The molecular weight excluding hydrogens is 294 g/mol. The minimum absolute atomic E-state index is 0.0305. The van der Waals surface area contributed by atoms with Crippen LogP contribution in [-0.4, -0.2) is 22.8 Å². The van der Waals surface area contributed by atoms with Gasteiger partial charge in [-0.2, -0.15) is 0 Å². The Morgan fingerprint density at radius 3 is 2.13 bits per heavy atom. The topological polar surface area (TPSA) is 83.5 Å². The number of ketones is 1. The number of carboxylic acids is 1. The standard InChI is InChI=1S/C18H23NO4/c1-11(20)12-5-7-13(8-6-12)19-15(21)14-9-10-18(4,16(22)23)17(14,2)3/h5-8,14H,9-10H2,1-4H3,(H,19,21)(H,22,23)/t14-,18+/m0/s1. The number of benzene rings is 1. The van der Waals surface area contributed by atoms with Gasteiger partial charge >= 0.3 is 5.97 Å². The number of carboxylic acid groups (broad SMARTS) is 1. The molecule has 1 saturated carbocycles. The summed E-state index contributed by atoms with van der Waals surface area (Å²) in [6.45, 7) is 6.89. The van der Waals surface area contributed by atoms with Gasteiger partial charge < -0.3 is 10.4 Å². The van der Waals surface area contributed by atoms with Crippen LogP contribution in [0.4, 0.5) is 5.69 Å². The van der Waals surface area contributed by atoms with Crippen LogP contribution in [0.2, 0.25) is 0 Å². The monoisotopic (exact) mass is 317 g/mol. The highest BCUT2D eigenvalue weighted by molar-refractivity contribution is 5.96. The molecule has 2 N–H and O–H groups in total. The van der Waals surface area contributed by atoms with E-state index in [-0.39, 0.29) is 17.6 Å². The average molecular weight is 317 g/mol. The van der Waals surface area contributed by atoms with Gasteiger partial charge in [-0.05, 0) is 56.4 Å². The van der Waals surface area contributed by atoms with Crippen LogP contribution in [0.1, 0.15) is 50.9 Å². The van der Waals surface area contributed by atoms with Crippen molar-refractivity contribution in [3.63, 3.8) is 0 Å². The molecule has 0 heterocycles. The summed E-state index contributed by atoms with van der Waals surface area (Å²) < 4.78 is 0. The molecule has 23 heavy (non-hydrogen) atoms. The molecule has 1 aromatic carbocycles. The number of hydrogen-bond donors (Lipinski definition) is 2. The largest absolute Gasteiger partial charge is 0.481 e. The van der Waals surface area contributed by atoms with Crippen molar-refractivity contribution >= 4 is 23.3 Å². The first-order chi connectivity index (χ1) is 10.6. The number of carbonyl (C=O) groups excluding carboxylic acids is 2. The summed E-state index contributed by atoms with van der Waals surface area (Å²) in [6, 6.07) is 6.71. The van der Waals surface area contributed by atoms with Gasteiger partial charge in [-0.3, -0.25) is 14.4 Å². The highest BCUT2D eigenvalue weighted by Crippen LogP contribution is 2.56. The Hall–Kier alpha value is -2.17. The first kappa shape index (κ1) is 17.2. The number of aliphatic carboxylic acids is 1. The molecule has 124 valence electrons. The molecule has 1 aromatic rings. The molecule has 0 aromatic heterocycles. The van der Waals surface area contributed by atoms with Gasteiger partial charge in [0, 0.05) is 17.2 Å². The molecule has 0 spiro atoms. The summed E-state index contributed by atoms with van der Waals surface area (Å²) in [5, 5.41) is 12.4. The quantitative estimate of drug-likeness (QED) is 0.834. The molecule has 0 aliphatic heterocycles. The molecule has 1 aliphatic carbocycles. The van der Waals surface area contributed by atoms with Crippen LogP contribution in [0.5, 0.6) is 0 Å². The van der Waals surface area contributed by atoms with Crippen molar-refractivity contribution in [2.45, 2.75) is 40.5 Å². The third-order valence-electron chi connectivity index (χ3n) is 5.57. The van der Waals surface area contributed by atoms with Crippen molar-refractivity contribution in [2.24, 2.45) is 16.7 Å². The maximum absolute atomic E-state index is 12.6. The van der Waals surface area contributed by atoms with E-state index in [1.54, 1.807) is 31.2 Å². The molecular formula is C18H23NO4. The van der Waals surface area contributed by atoms with E-state index in [2.05, 4.69) is 5.32 Å². The van der Waals surface area contributed by atoms with Gasteiger partial charge in [-0.25, -0.2) is 0 Å². The summed E-state index contributed by atoms with van der Waals surface area (Å²) in [5.74, 6) is -1.42. The van der Waals surface area contributed by atoms with Crippen LogP contribution in [0.15, 0.2) is 24.3 Å². The van der Waals surface area contributed by atoms with Crippen molar-refractivity contribution < 1.29 is 19.5 Å². The number of anilines is 1. The van der Waals surface area contributed by atoms with Gasteiger partial charge in [-0.15, -0.1) is 0 Å². The molecule has 5 heteroatoms. The van der Waals surface area contributed by atoms with Crippen molar-refractivity contribution in [3.8, 4) is 0 Å². The lowest BCUT2D eigenvalue weighted by Crippen LogP contribution is -2.43. The zero-order valence-electron chi connectivity index (χ0n) is 14.0. The van der Waals surface area contributed by atoms with E-state index in [1.807, 2.05) is 13.8 Å². The lowest BCUT2D eigenvalue weighted by Gasteiger charge is -2.37. The number of carbonyl (C=O) groups is 3. The second-order valence-electron chi connectivity index (χ2n) is 7.07. The van der Waals surface area contributed by atoms with Crippen LogP contribution in [0, 0.1) is 16.7 Å². The third kappa shape index (κ3) is 2.87. The van der Waals surface area contributed by atoms with Crippen LogP contribution >= 0.6 is 0 Å². The number of nitrogens with one attached hydrogen (secondary N) is 1. The number of rotatable bonds is 4. The van der Waals surface area contributed by atoms with E-state index >= 15 is 0 Å². The van der Waals surface area contributed by atoms with E-state index in [9.17, 15) is 19.5 Å². The molecule has 5 nitrogen and oxygen atoms in total. The second-order valence-corrected chi connectivity index (χ2v) is 7.07. The van der Waals surface area contributed by atoms with Gasteiger partial charge in [0.1, 0.15) is 0 Å². The summed E-state index contributed by atoms with van der Waals surface area (Å²) in [6.07, 6.45) is 1.03. The number of Topliss-reactive ketones (excluding diaryl/α,β-unsaturated/α-hetero) is 1. The summed E-state index contributed by atoms with van der Waals surface area (Å²) in [7, 11) is 0. The molecule has 0 saturated heterocycles. The van der Waals surface area contributed by atoms with Gasteiger partial charge in [0.05, 0.1) is 5.41 Å². The Bertz CT molecular complexity index is 647. The Morgan fingerprint density at radius 1 is 1.13 bits per heavy atom. The van der Waals surface area contributed by atoms with Crippen molar-refractivity contribution in [2.75, 3.05) is 5.32 Å². The maximum Gasteiger partial charge on any atom is 0.309 e. The van der Waals surface area contributed by atoms with E-state index in [4.69, 9.17) is 0 Å². The van der Waals surface area contributed by atoms with Crippen LogP contribution in [0.25, 0.3) is 0 Å². The van der Waals surface area contributed by atoms with E-state index in [0.717, 1.165) is 0 Å². The Balaban J connectivity index is 2.15. The molecule has 2 rings (SSSR count). The van der Waals surface area contributed by atoms with Gasteiger partial charge in [-0.1, -0.05) is 13.8 Å². The fourth-order valence-corrected chi connectivity index (χ4v) is 3.36. The molecule has 1 aliphatic rings. The number of hydrogen-bond acceptors (Lipinski definition) is 3. The lowest BCUT2D eigenvalue weighted by atomic mass is 9.65. The Morgan fingerprint density at radius 2 is 1.70 bits per heavy atom. The van der Waals surface area contributed by atoms with Gasteiger partial charge in [0.15, 0.2) is 5.78 Å². The fourth-order valence-electron chi connectivity index (χ4n) is 3.36.